The number of hydrogen-bond acceptors (Lipinski definition) is 2. The molecular formula is C16H32N2. The summed E-state index contributed by atoms with van der Waals surface area (Å²) in [5.74, 6) is 1.84. The van der Waals surface area contributed by atoms with Crippen molar-refractivity contribution in [3.8, 4) is 0 Å². The van der Waals surface area contributed by atoms with Crippen LogP contribution in [-0.4, -0.2) is 37.1 Å². The minimum Gasteiger partial charge on any atom is -0.312 e. The molecule has 2 rings (SSSR count). The van der Waals surface area contributed by atoms with Gasteiger partial charge in [0.15, 0.2) is 0 Å². The lowest BCUT2D eigenvalue weighted by Gasteiger charge is -2.43. The fourth-order valence-electron chi connectivity index (χ4n) is 3.64. The van der Waals surface area contributed by atoms with Crippen molar-refractivity contribution < 1.29 is 0 Å². The van der Waals surface area contributed by atoms with E-state index in [1.807, 2.05) is 0 Å². The Labute approximate surface area is 114 Å². The maximum atomic E-state index is 3.75. The first-order chi connectivity index (χ1) is 8.49. The van der Waals surface area contributed by atoms with Gasteiger partial charge < -0.3 is 10.2 Å². The standard InChI is InChI=1S/C16H32N2/c1-13(2)14-6-10-18(11-7-14)12-15-16(3,4)8-5-9-17-15/h13-15,17H,5-12H2,1-4H3. The van der Waals surface area contributed by atoms with Gasteiger partial charge in [-0.2, -0.15) is 0 Å². The van der Waals surface area contributed by atoms with Gasteiger partial charge in [-0.05, 0) is 62.6 Å². The Balaban J connectivity index is 1.80. The van der Waals surface area contributed by atoms with Gasteiger partial charge in [-0.15, -0.1) is 0 Å². The second kappa shape index (κ2) is 5.92. The lowest BCUT2D eigenvalue weighted by atomic mass is 9.77. The largest absolute Gasteiger partial charge is 0.312 e. The smallest absolute Gasteiger partial charge is 0.0246 e. The Morgan fingerprint density at radius 3 is 2.44 bits per heavy atom. The van der Waals surface area contributed by atoms with Gasteiger partial charge >= 0.3 is 0 Å². The number of rotatable bonds is 3. The Morgan fingerprint density at radius 1 is 1.22 bits per heavy atom. The van der Waals surface area contributed by atoms with Crippen LogP contribution in [0.25, 0.3) is 0 Å². The van der Waals surface area contributed by atoms with Gasteiger partial charge in [0.25, 0.3) is 0 Å². The van der Waals surface area contributed by atoms with Crippen LogP contribution in [0.2, 0.25) is 0 Å². The van der Waals surface area contributed by atoms with E-state index in [2.05, 4.69) is 37.9 Å². The lowest BCUT2D eigenvalue weighted by Crippen LogP contribution is -2.54. The molecule has 2 heterocycles. The van der Waals surface area contributed by atoms with Gasteiger partial charge in [0.05, 0.1) is 0 Å². The Bertz CT molecular complexity index is 252. The van der Waals surface area contributed by atoms with Crippen LogP contribution in [0.3, 0.4) is 0 Å². The summed E-state index contributed by atoms with van der Waals surface area (Å²) >= 11 is 0. The Morgan fingerprint density at radius 2 is 1.89 bits per heavy atom. The van der Waals surface area contributed by atoms with E-state index in [-0.39, 0.29) is 0 Å². The van der Waals surface area contributed by atoms with E-state index in [4.69, 9.17) is 0 Å². The van der Waals surface area contributed by atoms with Crippen LogP contribution in [0, 0.1) is 17.3 Å². The summed E-state index contributed by atoms with van der Waals surface area (Å²) in [4.78, 5) is 2.70. The summed E-state index contributed by atoms with van der Waals surface area (Å²) < 4.78 is 0. The van der Waals surface area contributed by atoms with Crippen LogP contribution in [0.1, 0.15) is 53.4 Å². The van der Waals surface area contributed by atoms with Crippen LogP contribution in [0.5, 0.6) is 0 Å². The fraction of sp³-hybridized carbons (Fsp3) is 1.00. The van der Waals surface area contributed by atoms with Crippen LogP contribution >= 0.6 is 0 Å². The second-order valence-electron chi connectivity index (χ2n) is 7.48. The number of piperidine rings is 2. The third-order valence-corrected chi connectivity index (χ3v) is 5.35. The molecule has 2 heteroatoms. The average molecular weight is 252 g/mol. The minimum absolute atomic E-state index is 0.479. The van der Waals surface area contributed by atoms with Crippen molar-refractivity contribution >= 4 is 0 Å². The average Bonchev–Trinajstić information content (AvgIpc) is 2.32. The molecule has 0 aliphatic carbocycles. The zero-order chi connectivity index (χ0) is 13.2. The molecule has 2 fully saturated rings. The van der Waals surface area contributed by atoms with Crippen LogP contribution < -0.4 is 5.32 Å². The van der Waals surface area contributed by atoms with Gasteiger partial charge in [0.2, 0.25) is 0 Å². The van der Waals surface area contributed by atoms with Gasteiger partial charge in [-0.25, -0.2) is 0 Å². The van der Waals surface area contributed by atoms with Crippen molar-refractivity contribution in [2.45, 2.75) is 59.4 Å². The number of hydrogen-bond donors (Lipinski definition) is 1. The van der Waals surface area contributed by atoms with E-state index in [0.29, 0.717) is 11.5 Å². The summed E-state index contributed by atoms with van der Waals surface area (Å²) in [6, 6.07) is 0.696. The van der Waals surface area contributed by atoms with E-state index in [1.165, 1.54) is 51.9 Å². The molecule has 106 valence electrons. The predicted molar refractivity (Wildman–Crippen MR) is 78.8 cm³/mol. The molecule has 2 nitrogen and oxygen atoms in total. The molecule has 0 aromatic heterocycles. The zero-order valence-electron chi connectivity index (χ0n) is 12.8. The molecule has 2 aliphatic heterocycles. The molecule has 1 N–H and O–H groups in total. The summed E-state index contributed by atoms with van der Waals surface area (Å²) in [5.41, 5.74) is 0.479. The molecule has 1 unspecified atom stereocenters. The van der Waals surface area contributed by atoms with Crippen molar-refractivity contribution in [1.29, 1.82) is 0 Å². The first kappa shape index (κ1) is 14.3. The number of nitrogens with zero attached hydrogens (tertiary/aromatic N) is 1. The lowest BCUT2D eigenvalue weighted by molar-refractivity contribution is 0.0945. The SMILES string of the molecule is CC(C)C1CCN(CC2NCCCC2(C)C)CC1. The molecule has 2 saturated heterocycles. The van der Waals surface area contributed by atoms with Crippen molar-refractivity contribution in [2.75, 3.05) is 26.2 Å². The maximum absolute atomic E-state index is 3.75. The Hall–Kier alpha value is -0.0800. The predicted octanol–water partition coefficient (Wildman–Crippen LogP) is 3.13. The first-order valence-electron chi connectivity index (χ1n) is 7.95. The molecule has 0 spiro atoms. The highest BCUT2D eigenvalue weighted by Gasteiger charge is 2.34. The van der Waals surface area contributed by atoms with E-state index < -0.39 is 0 Å². The van der Waals surface area contributed by atoms with E-state index in [1.54, 1.807) is 0 Å². The quantitative estimate of drug-likeness (QED) is 0.830. The highest BCUT2D eigenvalue weighted by atomic mass is 15.2. The number of likely N-dealkylation sites (tertiary alicyclic amines) is 1. The third kappa shape index (κ3) is 3.48. The molecule has 18 heavy (non-hydrogen) atoms. The van der Waals surface area contributed by atoms with Gasteiger partial charge in [0, 0.05) is 12.6 Å². The van der Waals surface area contributed by atoms with Crippen molar-refractivity contribution in [1.82, 2.24) is 10.2 Å². The molecule has 0 saturated carbocycles. The van der Waals surface area contributed by atoms with Gasteiger partial charge in [-0.3, -0.25) is 0 Å². The first-order valence-corrected chi connectivity index (χ1v) is 7.95. The van der Waals surface area contributed by atoms with Crippen molar-refractivity contribution in [2.24, 2.45) is 17.3 Å². The molecule has 0 radical (unpaired) electrons. The van der Waals surface area contributed by atoms with Gasteiger partial charge in [0.1, 0.15) is 0 Å². The highest BCUT2D eigenvalue weighted by Crippen LogP contribution is 2.32. The third-order valence-electron chi connectivity index (χ3n) is 5.35. The minimum atomic E-state index is 0.479. The van der Waals surface area contributed by atoms with E-state index in [9.17, 15) is 0 Å². The van der Waals surface area contributed by atoms with E-state index in [0.717, 1.165) is 11.8 Å². The molecule has 0 bridgehead atoms. The molecular weight excluding hydrogens is 220 g/mol. The monoisotopic (exact) mass is 252 g/mol. The molecule has 1 atom stereocenters. The topological polar surface area (TPSA) is 15.3 Å². The van der Waals surface area contributed by atoms with Crippen molar-refractivity contribution in [3.63, 3.8) is 0 Å². The van der Waals surface area contributed by atoms with Crippen LogP contribution in [0.4, 0.5) is 0 Å². The molecule has 2 aliphatic rings. The summed E-state index contributed by atoms with van der Waals surface area (Å²) in [5, 5.41) is 3.75. The molecule has 0 amide bonds. The summed E-state index contributed by atoms with van der Waals surface area (Å²) in [6.45, 7) is 14.7. The fourth-order valence-corrected chi connectivity index (χ4v) is 3.64. The van der Waals surface area contributed by atoms with Crippen LogP contribution in [0.15, 0.2) is 0 Å². The van der Waals surface area contributed by atoms with Crippen LogP contribution in [-0.2, 0) is 0 Å². The maximum Gasteiger partial charge on any atom is 0.0246 e. The molecule has 0 aromatic rings. The normalized spacial score (nSPS) is 30.8. The number of nitrogens with one attached hydrogen (secondary N) is 1. The second-order valence-corrected chi connectivity index (χ2v) is 7.48. The Kier molecular flexibility index (Phi) is 4.71. The zero-order valence-corrected chi connectivity index (χ0v) is 12.8. The highest BCUT2D eigenvalue weighted by molar-refractivity contribution is 4.91. The van der Waals surface area contributed by atoms with Gasteiger partial charge in [-0.1, -0.05) is 27.7 Å². The molecule has 0 aromatic carbocycles. The van der Waals surface area contributed by atoms with E-state index >= 15 is 0 Å². The summed E-state index contributed by atoms with van der Waals surface area (Å²) in [6.07, 6.45) is 5.54. The summed E-state index contributed by atoms with van der Waals surface area (Å²) in [7, 11) is 0. The van der Waals surface area contributed by atoms with Crippen molar-refractivity contribution in [3.05, 3.63) is 0 Å².